The van der Waals surface area contributed by atoms with Gasteiger partial charge in [0.25, 0.3) is 0 Å². The van der Waals surface area contributed by atoms with Crippen LogP contribution in [0.1, 0.15) is 19.4 Å². The van der Waals surface area contributed by atoms with E-state index in [4.69, 9.17) is 0 Å². The zero-order chi connectivity index (χ0) is 8.10. The summed E-state index contributed by atoms with van der Waals surface area (Å²) in [5.41, 5.74) is 1.41. The maximum atomic E-state index is 3.14. The second kappa shape index (κ2) is 4.20. The Bertz CT molecular complexity index is 248. The molecule has 0 saturated carbocycles. The van der Waals surface area contributed by atoms with E-state index in [9.17, 15) is 0 Å². The van der Waals surface area contributed by atoms with Crippen molar-refractivity contribution in [3.05, 3.63) is 22.4 Å². The smallest absolute Gasteiger partial charge is 0.0215 e. The van der Waals surface area contributed by atoms with E-state index in [0.29, 0.717) is 5.92 Å². The van der Waals surface area contributed by atoms with Crippen molar-refractivity contribution in [1.29, 1.82) is 0 Å². The Hall–Kier alpha value is -0.740. The van der Waals surface area contributed by atoms with Crippen molar-refractivity contribution in [2.24, 2.45) is 5.92 Å². The van der Waals surface area contributed by atoms with Crippen molar-refractivity contribution in [2.75, 3.05) is 0 Å². The Morgan fingerprint density at radius 3 is 3.00 bits per heavy atom. The van der Waals surface area contributed by atoms with Crippen molar-refractivity contribution in [1.82, 2.24) is 0 Å². The third-order valence-corrected chi connectivity index (χ3v) is 2.24. The highest BCUT2D eigenvalue weighted by molar-refractivity contribution is 7.07. The lowest BCUT2D eigenvalue weighted by atomic mass is 10.0. The molecule has 1 atom stereocenters. The second-order valence-corrected chi connectivity index (χ2v) is 3.41. The van der Waals surface area contributed by atoms with Gasteiger partial charge in [0.2, 0.25) is 0 Å². The van der Waals surface area contributed by atoms with Crippen LogP contribution in [0, 0.1) is 17.8 Å². The monoisotopic (exact) mass is 164 g/mol. The molecule has 58 valence electrons. The molecule has 1 aromatic heterocycles. The number of hydrogen-bond acceptors (Lipinski definition) is 1. The zero-order valence-corrected chi connectivity index (χ0v) is 7.74. The van der Waals surface area contributed by atoms with Crippen molar-refractivity contribution in [2.45, 2.75) is 20.3 Å². The fourth-order valence-corrected chi connectivity index (χ4v) is 1.74. The van der Waals surface area contributed by atoms with Crippen LogP contribution < -0.4 is 0 Å². The van der Waals surface area contributed by atoms with Crippen LogP contribution in [0.3, 0.4) is 0 Å². The fraction of sp³-hybridized carbons (Fsp3) is 0.400. The van der Waals surface area contributed by atoms with E-state index in [1.54, 1.807) is 11.3 Å². The SMILES string of the molecule is CC#CC(C)Cc1ccsc1. The summed E-state index contributed by atoms with van der Waals surface area (Å²) in [5, 5.41) is 4.30. The quantitative estimate of drug-likeness (QED) is 0.589. The van der Waals surface area contributed by atoms with Gasteiger partial charge in [-0.25, -0.2) is 0 Å². The summed E-state index contributed by atoms with van der Waals surface area (Å²) in [6.45, 7) is 4.05. The summed E-state index contributed by atoms with van der Waals surface area (Å²) in [6.07, 6.45) is 1.09. The van der Waals surface area contributed by atoms with Crippen LogP contribution >= 0.6 is 11.3 Å². The first-order valence-electron chi connectivity index (χ1n) is 3.76. The first-order valence-corrected chi connectivity index (χ1v) is 4.70. The molecule has 0 aliphatic carbocycles. The van der Waals surface area contributed by atoms with Gasteiger partial charge in [-0.2, -0.15) is 11.3 Å². The molecule has 0 N–H and O–H groups in total. The van der Waals surface area contributed by atoms with E-state index in [1.165, 1.54) is 5.56 Å². The molecule has 1 unspecified atom stereocenters. The molecule has 0 aliphatic heterocycles. The van der Waals surface area contributed by atoms with E-state index >= 15 is 0 Å². The van der Waals surface area contributed by atoms with Gasteiger partial charge in [0, 0.05) is 5.92 Å². The molecule has 1 aromatic rings. The van der Waals surface area contributed by atoms with Gasteiger partial charge < -0.3 is 0 Å². The van der Waals surface area contributed by atoms with Gasteiger partial charge in [-0.15, -0.1) is 11.8 Å². The Balaban J connectivity index is 2.48. The van der Waals surface area contributed by atoms with E-state index in [0.717, 1.165) is 6.42 Å². The maximum Gasteiger partial charge on any atom is 0.0215 e. The Kier molecular flexibility index (Phi) is 3.19. The van der Waals surface area contributed by atoms with Crippen molar-refractivity contribution in [3.63, 3.8) is 0 Å². The highest BCUT2D eigenvalue weighted by atomic mass is 32.1. The van der Waals surface area contributed by atoms with E-state index in [2.05, 4.69) is 35.6 Å². The third-order valence-electron chi connectivity index (χ3n) is 1.51. The van der Waals surface area contributed by atoms with E-state index in [1.807, 2.05) is 6.92 Å². The third kappa shape index (κ3) is 2.78. The molecule has 0 bridgehead atoms. The minimum Gasteiger partial charge on any atom is -0.152 e. The average molecular weight is 164 g/mol. The molecule has 0 radical (unpaired) electrons. The first kappa shape index (κ1) is 8.36. The summed E-state index contributed by atoms with van der Waals surface area (Å²) in [4.78, 5) is 0. The van der Waals surface area contributed by atoms with Crippen molar-refractivity contribution < 1.29 is 0 Å². The first-order chi connectivity index (χ1) is 5.33. The Morgan fingerprint density at radius 2 is 2.45 bits per heavy atom. The maximum absolute atomic E-state index is 3.14. The molecule has 1 heterocycles. The van der Waals surface area contributed by atoms with Crippen LogP contribution in [0.5, 0.6) is 0 Å². The van der Waals surface area contributed by atoms with Crippen LogP contribution in [-0.4, -0.2) is 0 Å². The molecular formula is C10H12S. The van der Waals surface area contributed by atoms with Gasteiger partial charge in [0.1, 0.15) is 0 Å². The molecule has 0 nitrogen and oxygen atoms in total. The molecule has 0 fully saturated rings. The van der Waals surface area contributed by atoms with Gasteiger partial charge in [-0.1, -0.05) is 6.92 Å². The number of hydrogen-bond donors (Lipinski definition) is 0. The lowest BCUT2D eigenvalue weighted by Gasteiger charge is -1.99. The van der Waals surface area contributed by atoms with Crippen molar-refractivity contribution in [3.8, 4) is 11.8 Å². The molecule has 1 heteroatoms. The Morgan fingerprint density at radius 1 is 1.64 bits per heavy atom. The van der Waals surface area contributed by atoms with Crippen molar-refractivity contribution >= 4 is 11.3 Å². The zero-order valence-electron chi connectivity index (χ0n) is 6.92. The van der Waals surface area contributed by atoms with Crippen LogP contribution in [0.25, 0.3) is 0 Å². The van der Waals surface area contributed by atoms with Crippen LogP contribution in [0.2, 0.25) is 0 Å². The van der Waals surface area contributed by atoms with Gasteiger partial charge in [0.05, 0.1) is 0 Å². The minimum absolute atomic E-state index is 0.495. The molecule has 0 aliphatic rings. The number of thiophene rings is 1. The summed E-state index contributed by atoms with van der Waals surface area (Å²) in [6, 6.07) is 2.17. The topological polar surface area (TPSA) is 0 Å². The summed E-state index contributed by atoms with van der Waals surface area (Å²) < 4.78 is 0. The highest BCUT2D eigenvalue weighted by Gasteiger charge is 1.98. The highest BCUT2D eigenvalue weighted by Crippen LogP contribution is 2.11. The molecule has 11 heavy (non-hydrogen) atoms. The fourth-order valence-electron chi connectivity index (χ4n) is 1.06. The molecule has 0 saturated heterocycles. The van der Waals surface area contributed by atoms with Gasteiger partial charge >= 0.3 is 0 Å². The van der Waals surface area contributed by atoms with Crippen LogP contribution in [0.4, 0.5) is 0 Å². The predicted octanol–water partition coefficient (Wildman–Crippen LogP) is 2.95. The van der Waals surface area contributed by atoms with E-state index < -0.39 is 0 Å². The molecule has 0 spiro atoms. The summed E-state index contributed by atoms with van der Waals surface area (Å²) in [7, 11) is 0. The molecule has 0 aromatic carbocycles. The second-order valence-electron chi connectivity index (χ2n) is 2.63. The van der Waals surface area contributed by atoms with Gasteiger partial charge in [-0.05, 0) is 35.7 Å². The summed E-state index contributed by atoms with van der Waals surface area (Å²) >= 11 is 1.75. The van der Waals surface area contributed by atoms with Gasteiger partial charge in [-0.3, -0.25) is 0 Å². The van der Waals surface area contributed by atoms with Crippen LogP contribution in [-0.2, 0) is 6.42 Å². The standard InChI is InChI=1S/C10H12S/c1-3-4-9(2)7-10-5-6-11-8-10/h5-6,8-9H,7H2,1-2H3. The lowest BCUT2D eigenvalue weighted by Crippen LogP contribution is -1.93. The molecule has 1 rings (SSSR count). The van der Waals surface area contributed by atoms with E-state index in [-0.39, 0.29) is 0 Å². The normalized spacial score (nSPS) is 11.8. The summed E-state index contributed by atoms with van der Waals surface area (Å²) in [5.74, 6) is 6.57. The average Bonchev–Trinajstić information content (AvgIpc) is 2.40. The van der Waals surface area contributed by atoms with Gasteiger partial charge in [0.15, 0.2) is 0 Å². The van der Waals surface area contributed by atoms with Crippen LogP contribution in [0.15, 0.2) is 16.8 Å². The minimum atomic E-state index is 0.495. The molecule has 0 amide bonds. The lowest BCUT2D eigenvalue weighted by molar-refractivity contribution is 0.752. The largest absolute Gasteiger partial charge is 0.152 e. The molecular weight excluding hydrogens is 152 g/mol. The number of rotatable bonds is 2. The Labute approximate surface area is 72.3 Å². The predicted molar refractivity (Wildman–Crippen MR) is 50.6 cm³/mol.